The van der Waals surface area contributed by atoms with Crippen LogP contribution < -0.4 is 14.8 Å². The Bertz CT molecular complexity index is 305. The van der Waals surface area contributed by atoms with Crippen molar-refractivity contribution in [2.24, 2.45) is 0 Å². The van der Waals surface area contributed by atoms with Gasteiger partial charge in [0.15, 0.2) is 0 Å². The van der Waals surface area contributed by atoms with Gasteiger partial charge in [-0.05, 0) is 19.1 Å². The molecule has 0 aliphatic heterocycles. The fourth-order valence-corrected chi connectivity index (χ4v) is 1.24. The van der Waals surface area contributed by atoms with Crippen molar-refractivity contribution in [1.82, 2.24) is 0 Å². The zero-order valence-electron chi connectivity index (χ0n) is 9.05. The minimum Gasteiger partial charge on any atom is -0.497 e. The van der Waals surface area contributed by atoms with E-state index in [-0.39, 0.29) is 6.54 Å². The molecule has 0 aliphatic carbocycles. The number of benzene rings is 1. The number of methoxy groups -OCH3 is 1. The zero-order valence-corrected chi connectivity index (χ0v) is 9.05. The second kappa shape index (κ2) is 6.11. The second-order valence-electron chi connectivity index (χ2n) is 2.91. The van der Waals surface area contributed by atoms with Crippen LogP contribution in [0.25, 0.3) is 0 Å². The lowest BCUT2D eigenvalue weighted by atomic mass is 10.2. The predicted octanol–water partition coefficient (Wildman–Crippen LogP) is 2.48. The van der Waals surface area contributed by atoms with E-state index in [2.05, 4.69) is 5.32 Å². The summed E-state index contributed by atoms with van der Waals surface area (Å²) < 4.78 is 22.5. The van der Waals surface area contributed by atoms with E-state index < -0.39 is 6.67 Å². The third kappa shape index (κ3) is 3.31. The van der Waals surface area contributed by atoms with Crippen LogP contribution in [-0.2, 0) is 0 Å². The molecule has 0 saturated heterocycles. The van der Waals surface area contributed by atoms with Gasteiger partial charge in [0, 0.05) is 12.6 Å². The molecule has 0 amide bonds. The summed E-state index contributed by atoms with van der Waals surface area (Å²) in [5.41, 5.74) is 0.758. The van der Waals surface area contributed by atoms with Crippen LogP contribution in [-0.4, -0.2) is 26.9 Å². The van der Waals surface area contributed by atoms with E-state index in [1.807, 2.05) is 19.1 Å². The third-order valence-corrected chi connectivity index (χ3v) is 1.90. The van der Waals surface area contributed by atoms with Crippen LogP contribution >= 0.6 is 0 Å². The highest BCUT2D eigenvalue weighted by molar-refractivity contribution is 5.59. The van der Waals surface area contributed by atoms with Gasteiger partial charge in [-0.1, -0.05) is 0 Å². The average molecular weight is 213 g/mol. The molecular formula is C11H16FNO2. The van der Waals surface area contributed by atoms with Gasteiger partial charge in [-0.3, -0.25) is 0 Å². The fraction of sp³-hybridized carbons (Fsp3) is 0.455. The fourth-order valence-electron chi connectivity index (χ4n) is 1.24. The standard InChI is InChI=1S/C11H16FNO2/c1-3-15-11-5-4-9(14-2)8-10(11)13-7-6-12/h4-5,8,13H,3,6-7H2,1-2H3. The average Bonchev–Trinajstić information content (AvgIpc) is 2.28. The highest BCUT2D eigenvalue weighted by Gasteiger charge is 2.04. The summed E-state index contributed by atoms with van der Waals surface area (Å²) in [6.45, 7) is 2.34. The minimum atomic E-state index is -0.414. The van der Waals surface area contributed by atoms with Gasteiger partial charge >= 0.3 is 0 Å². The van der Waals surface area contributed by atoms with Gasteiger partial charge < -0.3 is 14.8 Å². The van der Waals surface area contributed by atoms with E-state index in [1.54, 1.807) is 13.2 Å². The number of ether oxygens (including phenoxy) is 2. The Morgan fingerprint density at radius 3 is 2.80 bits per heavy atom. The van der Waals surface area contributed by atoms with E-state index in [4.69, 9.17) is 9.47 Å². The molecule has 0 atom stereocenters. The van der Waals surface area contributed by atoms with Gasteiger partial charge in [0.05, 0.1) is 19.4 Å². The predicted molar refractivity (Wildman–Crippen MR) is 58.6 cm³/mol. The molecule has 0 fully saturated rings. The Balaban J connectivity index is 2.83. The van der Waals surface area contributed by atoms with E-state index in [0.717, 1.165) is 11.4 Å². The smallest absolute Gasteiger partial charge is 0.142 e. The quantitative estimate of drug-likeness (QED) is 0.787. The maximum atomic E-state index is 12.0. The number of hydrogen-bond donors (Lipinski definition) is 1. The first kappa shape index (κ1) is 11.6. The second-order valence-corrected chi connectivity index (χ2v) is 2.91. The molecule has 1 aromatic rings. The molecule has 1 rings (SSSR count). The van der Waals surface area contributed by atoms with Gasteiger partial charge in [-0.15, -0.1) is 0 Å². The van der Waals surface area contributed by atoms with Crippen molar-refractivity contribution in [3.05, 3.63) is 18.2 Å². The highest BCUT2D eigenvalue weighted by atomic mass is 19.1. The molecule has 0 radical (unpaired) electrons. The summed E-state index contributed by atoms with van der Waals surface area (Å²) >= 11 is 0. The van der Waals surface area contributed by atoms with Crippen LogP contribution in [0.5, 0.6) is 11.5 Å². The Labute approximate surface area is 89.2 Å². The summed E-state index contributed by atoms with van der Waals surface area (Å²) in [7, 11) is 1.59. The van der Waals surface area contributed by atoms with Crippen LogP contribution in [0.1, 0.15) is 6.92 Å². The number of halogens is 1. The zero-order chi connectivity index (χ0) is 11.1. The maximum absolute atomic E-state index is 12.0. The molecule has 84 valence electrons. The third-order valence-electron chi connectivity index (χ3n) is 1.90. The van der Waals surface area contributed by atoms with Crippen LogP contribution in [0.15, 0.2) is 18.2 Å². The lowest BCUT2D eigenvalue weighted by molar-refractivity contribution is 0.340. The van der Waals surface area contributed by atoms with Crippen LogP contribution in [0.2, 0.25) is 0 Å². The molecule has 0 aromatic heterocycles. The molecule has 0 saturated carbocycles. The maximum Gasteiger partial charge on any atom is 0.142 e. The molecule has 0 unspecified atom stereocenters. The molecular weight excluding hydrogens is 197 g/mol. The first-order valence-corrected chi connectivity index (χ1v) is 4.92. The highest BCUT2D eigenvalue weighted by Crippen LogP contribution is 2.28. The molecule has 4 heteroatoms. The monoisotopic (exact) mass is 213 g/mol. The van der Waals surface area contributed by atoms with Gasteiger partial charge in [-0.25, -0.2) is 4.39 Å². The number of nitrogens with one attached hydrogen (secondary N) is 1. The normalized spacial score (nSPS) is 9.80. The lowest BCUT2D eigenvalue weighted by Crippen LogP contribution is -2.05. The molecule has 1 N–H and O–H groups in total. The van der Waals surface area contributed by atoms with Crippen molar-refractivity contribution in [3.8, 4) is 11.5 Å². The SMILES string of the molecule is CCOc1ccc(OC)cc1NCCF. The molecule has 0 bridgehead atoms. The van der Waals surface area contributed by atoms with Crippen molar-refractivity contribution in [3.63, 3.8) is 0 Å². The van der Waals surface area contributed by atoms with Gasteiger partial charge in [0.2, 0.25) is 0 Å². The number of alkyl halides is 1. The Kier molecular flexibility index (Phi) is 4.74. The lowest BCUT2D eigenvalue weighted by Gasteiger charge is -2.12. The first-order chi connectivity index (χ1) is 7.31. The Morgan fingerprint density at radius 2 is 2.20 bits per heavy atom. The largest absolute Gasteiger partial charge is 0.497 e. The van der Waals surface area contributed by atoms with E-state index in [0.29, 0.717) is 12.4 Å². The van der Waals surface area contributed by atoms with Gasteiger partial charge in [-0.2, -0.15) is 0 Å². The van der Waals surface area contributed by atoms with Crippen molar-refractivity contribution in [2.75, 3.05) is 32.3 Å². The van der Waals surface area contributed by atoms with Crippen molar-refractivity contribution in [1.29, 1.82) is 0 Å². The van der Waals surface area contributed by atoms with Crippen LogP contribution in [0.3, 0.4) is 0 Å². The van der Waals surface area contributed by atoms with E-state index in [9.17, 15) is 4.39 Å². The summed E-state index contributed by atoms with van der Waals surface area (Å²) in [5.74, 6) is 1.44. The van der Waals surface area contributed by atoms with Crippen molar-refractivity contribution < 1.29 is 13.9 Å². The Morgan fingerprint density at radius 1 is 1.40 bits per heavy atom. The van der Waals surface area contributed by atoms with Crippen molar-refractivity contribution in [2.45, 2.75) is 6.92 Å². The molecule has 0 heterocycles. The molecule has 15 heavy (non-hydrogen) atoms. The van der Waals surface area contributed by atoms with Gasteiger partial charge in [0.1, 0.15) is 18.2 Å². The number of anilines is 1. The van der Waals surface area contributed by atoms with E-state index in [1.165, 1.54) is 0 Å². The van der Waals surface area contributed by atoms with Crippen molar-refractivity contribution >= 4 is 5.69 Å². The number of rotatable bonds is 6. The summed E-state index contributed by atoms with van der Waals surface area (Å²) in [4.78, 5) is 0. The van der Waals surface area contributed by atoms with Crippen LogP contribution in [0, 0.1) is 0 Å². The first-order valence-electron chi connectivity index (χ1n) is 4.92. The Hall–Kier alpha value is -1.45. The van der Waals surface area contributed by atoms with Gasteiger partial charge in [0.25, 0.3) is 0 Å². The minimum absolute atomic E-state index is 0.271. The summed E-state index contributed by atoms with van der Waals surface area (Å²) in [6, 6.07) is 5.41. The molecule has 0 aliphatic rings. The number of hydrogen-bond acceptors (Lipinski definition) is 3. The van der Waals surface area contributed by atoms with Crippen LogP contribution in [0.4, 0.5) is 10.1 Å². The summed E-state index contributed by atoms with van der Waals surface area (Å²) in [5, 5.41) is 2.94. The molecule has 1 aromatic carbocycles. The summed E-state index contributed by atoms with van der Waals surface area (Å²) in [6.07, 6.45) is 0. The topological polar surface area (TPSA) is 30.5 Å². The molecule has 0 spiro atoms. The van der Waals surface area contributed by atoms with E-state index >= 15 is 0 Å². The molecule has 3 nitrogen and oxygen atoms in total.